The lowest BCUT2D eigenvalue weighted by molar-refractivity contribution is -0.120. The third kappa shape index (κ3) is 5.96. The third-order valence-corrected chi connectivity index (χ3v) is 7.13. The smallest absolute Gasteiger partial charge is 0.342 e. The van der Waals surface area contributed by atoms with Crippen LogP contribution in [0.2, 0.25) is 0 Å². The van der Waals surface area contributed by atoms with Crippen LogP contribution in [0.4, 0.5) is 10.5 Å². The summed E-state index contributed by atoms with van der Waals surface area (Å²) in [6.45, 7) is 4.49. The van der Waals surface area contributed by atoms with Crippen LogP contribution in [0.1, 0.15) is 69.5 Å². The molecule has 7 nitrogen and oxygen atoms in total. The molecule has 190 valence electrons. The molecule has 1 fully saturated rings. The number of hydrogen-bond acceptors (Lipinski definition) is 4. The number of anilines is 1. The van der Waals surface area contributed by atoms with Gasteiger partial charge in [0.15, 0.2) is 0 Å². The van der Waals surface area contributed by atoms with E-state index < -0.39 is 0 Å². The number of carbonyl (C=O) groups excluding carboxylic acids is 2. The lowest BCUT2D eigenvalue weighted by atomic mass is 10.0. The van der Waals surface area contributed by atoms with Gasteiger partial charge >= 0.3 is 6.03 Å². The van der Waals surface area contributed by atoms with Crippen LogP contribution in [0.5, 0.6) is 5.75 Å². The van der Waals surface area contributed by atoms with E-state index >= 15 is 0 Å². The molecule has 0 aliphatic heterocycles. The Balaban J connectivity index is 1.53. The minimum Gasteiger partial charge on any atom is -0.507 e. The van der Waals surface area contributed by atoms with E-state index in [1.54, 1.807) is 18.2 Å². The predicted octanol–water partition coefficient (Wildman–Crippen LogP) is 6.09. The van der Waals surface area contributed by atoms with Crippen LogP contribution < -0.4 is 10.6 Å². The molecule has 3 N–H and O–H groups in total. The van der Waals surface area contributed by atoms with E-state index in [0.29, 0.717) is 23.5 Å². The minimum absolute atomic E-state index is 0.0180. The molecule has 0 spiro atoms. The fourth-order valence-corrected chi connectivity index (χ4v) is 4.97. The van der Waals surface area contributed by atoms with E-state index in [1.165, 1.54) is 4.68 Å². The minimum atomic E-state index is -0.257. The van der Waals surface area contributed by atoms with Crippen molar-refractivity contribution in [3.05, 3.63) is 65.9 Å². The highest BCUT2D eigenvalue weighted by atomic mass is 16.3. The topological polar surface area (TPSA) is 96.3 Å². The molecule has 7 heteroatoms. The van der Waals surface area contributed by atoms with Crippen molar-refractivity contribution >= 4 is 17.6 Å². The summed E-state index contributed by atoms with van der Waals surface area (Å²) in [5.74, 6) is 0.181. The Morgan fingerprint density at radius 2 is 1.78 bits per heavy atom. The van der Waals surface area contributed by atoms with Crippen molar-refractivity contribution in [1.82, 2.24) is 15.1 Å². The molecular weight excluding hydrogens is 452 g/mol. The second-order valence-corrected chi connectivity index (χ2v) is 9.55. The first-order valence-electron chi connectivity index (χ1n) is 13.1. The highest BCUT2D eigenvalue weighted by Gasteiger charge is 2.26. The quantitative estimate of drug-likeness (QED) is 0.340. The Hall–Kier alpha value is -3.61. The Bertz CT molecular complexity index is 1180. The molecule has 0 atom stereocenters. The van der Waals surface area contributed by atoms with Gasteiger partial charge < -0.3 is 15.7 Å². The zero-order valence-electron chi connectivity index (χ0n) is 21.2. The molecule has 0 unspecified atom stereocenters. The summed E-state index contributed by atoms with van der Waals surface area (Å²) < 4.78 is 1.47. The van der Waals surface area contributed by atoms with E-state index in [4.69, 9.17) is 0 Å². The van der Waals surface area contributed by atoms with Crippen molar-refractivity contribution in [2.75, 3.05) is 11.9 Å². The predicted molar refractivity (Wildman–Crippen MR) is 142 cm³/mol. The second-order valence-electron chi connectivity index (χ2n) is 9.55. The molecule has 1 saturated carbocycles. The normalized spacial score (nSPS) is 13.8. The molecule has 1 aliphatic rings. The summed E-state index contributed by atoms with van der Waals surface area (Å²) in [6.07, 6.45) is 6.59. The Morgan fingerprint density at radius 1 is 1.06 bits per heavy atom. The van der Waals surface area contributed by atoms with E-state index in [-0.39, 0.29) is 29.5 Å². The maximum absolute atomic E-state index is 13.1. The van der Waals surface area contributed by atoms with Gasteiger partial charge in [-0.15, -0.1) is 0 Å². The molecule has 1 heterocycles. The number of rotatable bonds is 9. The first-order chi connectivity index (χ1) is 17.5. The summed E-state index contributed by atoms with van der Waals surface area (Å²) >= 11 is 0. The number of amides is 2. The molecule has 2 amide bonds. The molecule has 0 saturated heterocycles. The highest BCUT2D eigenvalue weighted by Crippen LogP contribution is 2.38. The molecule has 2 aromatic carbocycles. The number of hydrogen-bond donors (Lipinski definition) is 3. The molecule has 0 radical (unpaired) electrons. The van der Waals surface area contributed by atoms with E-state index in [9.17, 15) is 14.7 Å². The SMILES string of the molecule is CCC(CC)C(=O)Nc1ccc(-c2cc(C3CCCC3)n(C(=O)NCCc3ccccc3)n2)c(O)c1. The highest BCUT2D eigenvalue weighted by molar-refractivity contribution is 5.93. The largest absolute Gasteiger partial charge is 0.507 e. The maximum atomic E-state index is 13.1. The summed E-state index contributed by atoms with van der Waals surface area (Å²) in [5.41, 5.74) is 3.67. The average Bonchev–Trinajstić information content (AvgIpc) is 3.56. The molecule has 3 aromatic rings. The summed E-state index contributed by atoms with van der Waals surface area (Å²) in [7, 11) is 0. The lowest BCUT2D eigenvalue weighted by Crippen LogP contribution is -2.32. The van der Waals surface area contributed by atoms with Gasteiger partial charge in [-0.3, -0.25) is 4.79 Å². The molecule has 1 aromatic heterocycles. The number of aromatic nitrogens is 2. The average molecular weight is 489 g/mol. The van der Waals surface area contributed by atoms with Crippen molar-refractivity contribution in [3.63, 3.8) is 0 Å². The molecule has 1 aliphatic carbocycles. The van der Waals surface area contributed by atoms with Crippen molar-refractivity contribution in [2.45, 2.75) is 64.7 Å². The van der Waals surface area contributed by atoms with E-state index in [1.807, 2.05) is 50.2 Å². The van der Waals surface area contributed by atoms with Crippen molar-refractivity contribution in [3.8, 4) is 17.0 Å². The Kier molecular flexibility index (Phi) is 8.41. The number of nitrogens with one attached hydrogen (secondary N) is 2. The monoisotopic (exact) mass is 488 g/mol. The fraction of sp³-hybridized carbons (Fsp3) is 0.414. The lowest BCUT2D eigenvalue weighted by Gasteiger charge is -2.13. The fourth-order valence-electron chi connectivity index (χ4n) is 4.97. The van der Waals surface area contributed by atoms with Gasteiger partial charge in [-0.1, -0.05) is 57.0 Å². The van der Waals surface area contributed by atoms with Gasteiger partial charge in [0.2, 0.25) is 5.91 Å². The van der Waals surface area contributed by atoms with Crippen LogP contribution in [0.3, 0.4) is 0 Å². The zero-order valence-corrected chi connectivity index (χ0v) is 21.2. The van der Waals surface area contributed by atoms with Crippen molar-refractivity contribution < 1.29 is 14.7 Å². The Morgan fingerprint density at radius 3 is 2.44 bits per heavy atom. The molecule has 36 heavy (non-hydrogen) atoms. The first kappa shape index (κ1) is 25.5. The van der Waals surface area contributed by atoms with Gasteiger partial charge in [-0.2, -0.15) is 9.78 Å². The number of aromatic hydroxyl groups is 1. The number of phenols is 1. The van der Waals surface area contributed by atoms with E-state index in [0.717, 1.165) is 56.2 Å². The van der Waals surface area contributed by atoms with Gasteiger partial charge in [0, 0.05) is 35.7 Å². The van der Waals surface area contributed by atoms with Crippen LogP contribution in [0.15, 0.2) is 54.6 Å². The van der Waals surface area contributed by atoms with Crippen LogP contribution in [0, 0.1) is 5.92 Å². The number of benzene rings is 2. The van der Waals surface area contributed by atoms with Gasteiger partial charge in [-0.25, -0.2) is 4.79 Å². The Labute approximate surface area is 212 Å². The van der Waals surface area contributed by atoms with Crippen molar-refractivity contribution in [1.29, 1.82) is 0 Å². The molecule has 0 bridgehead atoms. The standard InChI is InChI=1S/C29H36N4O3/c1-3-21(4-2)28(35)31-23-14-15-24(27(34)18-23)25-19-26(22-12-8-9-13-22)33(32-25)29(36)30-17-16-20-10-6-5-7-11-20/h5-7,10-11,14-15,18-19,21-22,34H,3-4,8-9,12-13,16-17H2,1-2H3,(H,30,36)(H,31,35). The van der Waals surface area contributed by atoms with Crippen LogP contribution in [-0.2, 0) is 11.2 Å². The third-order valence-electron chi connectivity index (χ3n) is 7.13. The number of phenolic OH excluding ortho intramolecular Hbond substituents is 1. The van der Waals surface area contributed by atoms with Gasteiger partial charge in [-0.05, 0) is 55.9 Å². The van der Waals surface area contributed by atoms with Gasteiger partial charge in [0.25, 0.3) is 0 Å². The number of nitrogens with zero attached hydrogens (tertiary/aromatic N) is 2. The second kappa shape index (κ2) is 11.9. The van der Waals surface area contributed by atoms with E-state index in [2.05, 4.69) is 15.7 Å². The van der Waals surface area contributed by atoms with Crippen molar-refractivity contribution in [2.24, 2.45) is 5.92 Å². The summed E-state index contributed by atoms with van der Waals surface area (Å²) in [5, 5.41) is 21.3. The van der Waals surface area contributed by atoms with Gasteiger partial charge in [0.05, 0.1) is 11.4 Å². The summed E-state index contributed by atoms with van der Waals surface area (Å²) in [4.78, 5) is 25.6. The molecule has 4 rings (SSSR count). The summed E-state index contributed by atoms with van der Waals surface area (Å²) in [6, 6.07) is 16.8. The van der Waals surface area contributed by atoms with Crippen LogP contribution in [-0.4, -0.2) is 33.4 Å². The van der Waals surface area contributed by atoms with Gasteiger partial charge in [0.1, 0.15) is 5.75 Å². The number of carbonyl (C=O) groups is 2. The molecular formula is C29H36N4O3. The van der Waals surface area contributed by atoms with Crippen LogP contribution >= 0.6 is 0 Å². The zero-order chi connectivity index (χ0) is 25.5. The first-order valence-corrected chi connectivity index (χ1v) is 13.1. The maximum Gasteiger partial charge on any atom is 0.342 e. The van der Waals surface area contributed by atoms with Crippen LogP contribution in [0.25, 0.3) is 11.3 Å².